The van der Waals surface area contributed by atoms with Gasteiger partial charge in [0.2, 0.25) is 5.91 Å². The lowest BCUT2D eigenvalue weighted by molar-refractivity contribution is 0.1000. The van der Waals surface area contributed by atoms with Gasteiger partial charge in [-0.15, -0.1) is 0 Å². The van der Waals surface area contributed by atoms with Gasteiger partial charge in [-0.1, -0.05) is 18.2 Å². The average molecular weight is 288 g/mol. The van der Waals surface area contributed by atoms with Gasteiger partial charge in [0.05, 0.1) is 6.61 Å². The third kappa shape index (κ3) is 3.79. The van der Waals surface area contributed by atoms with E-state index in [1.165, 1.54) is 18.2 Å². The highest BCUT2D eigenvalue weighted by molar-refractivity contribution is 5.92. The number of ether oxygens (including phenoxy) is 1. The summed E-state index contributed by atoms with van der Waals surface area (Å²) in [6, 6.07) is 11.7. The highest BCUT2D eigenvalue weighted by Gasteiger charge is 2.08. The molecule has 0 aliphatic heterocycles. The summed E-state index contributed by atoms with van der Waals surface area (Å²) in [6.45, 7) is 0.723. The SMILES string of the molecule is COCc1ccccc1NCc1cc(C(N)=O)ccc1F. The van der Waals surface area contributed by atoms with Gasteiger partial charge < -0.3 is 15.8 Å². The largest absolute Gasteiger partial charge is 0.381 e. The van der Waals surface area contributed by atoms with Crippen LogP contribution in [0.2, 0.25) is 0 Å². The summed E-state index contributed by atoms with van der Waals surface area (Å²) in [6.07, 6.45) is 0. The number of nitrogens with two attached hydrogens (primary N) is 1. The lowest BCUT2D eigenvalue weighted by Crippen LogP contribution is -2.12. The van der Waals surface area contributed by atoms with E-state index in [1.807, 2.05) is 24.3 Å². The van der Waals surface area contributed by atoms with Gasteiger partial charge in [-0.25, -0.2) is 4.39 Å². The molecule has 1 amide bonds. The summed E-state index contributed by atoms with van der Waals surface area (Å²) in [5.74, 6) is -0.951. The van der Waals surface area contributed by atoms with Crippen LogP contribution in [-0.4, -0.2) is 13.0 Å². The smallest absolute Gasteiger partial charge is 0.248 e. The molecule has 2 aromatic carbocycles. The predicted octanol–water partition coefficient (Wildman–Crippen LogP) is 2.68. The summed E-state index contributed by atoms with van der Waals surface area (Å²) < 4.78 is 18.9. The van der Waals surface area contributed by atoms with Crippen LogP contribution in [0.25, 0.3) is 0 Å². The van der Waals surface area contributed by atoms with Crippen molar-refractivity contribution in [1.82, 2.24) is 0 Å². The molecule has 0 aromatic heterocycles. The molecule has 0 aliphatic carbocycles. The summed E-state index contributed by atoms with van der Waals surface area (Å²) in [4.78, 5) is 11.1. The molecule has 0 fully saturated rings. The van der Waals surface area contributed by atoms with Crippen LogP contribution in [0, 0.1) is 5.82 Å². The van der Waals surface area contributed by atoms with Gasteiger partial charge in [-0.05, 0) is 24.3 Å². The molecule has 5 heteroatoms. The van der Waals surface area contributed by atoms with E-state index in [0.717, 1.165) is 11.3 Å². The van der Waals surface area contributed by atoms with E-state index in [-0.39, 0.29) is 12.4 Å². The number of carbonyl (C=O) groups is 1. The average Bonchev–Trinajstić information content (AvgIpc) is 2.48. The van der Waals surface area contributed by atoms with Crippen molar-refractivity contribution < 1.29 is 13.9 Å². The molecule has 110 valence electrons. The zero-order chi connectivity index (χ0) is 15.2. The molecule has 0 aliphatic rings. The van der Waals surface area contributed by atoms with Crippen molar-refractivity contribution in [3.8, 4) is 0 Å². The second kappa shape index (κ2) is 6.85. The van der Waals surface area contributed by atoms with Crippen LogP contribution in [0.15, 0.2) is 42.5 Å². The molecule has 0 bridgehead atoms. The second-order valence-electron chi connectivity index (χ2n) is 4.61. The fourth-order valence-corrected chi connectivity index (χ4v) is 2.03. The maximum atomic E-state index is 13.8. The minimum atomic E-state index is -0.573. The number of methoxy groups -OCH3 is 1. The Bertz CT molecular complexity index is 644. The van der Waals surface area contributed by atoms with Crippen molar-refractivity contribution in [2.45, 2.75) is 13.2 Å². The fourth-order valence-electron chi connectivity index (χ4n) is 2.03. The Morgan fingerprint density at radius 3 is 2.71 bits per heavy atom. The summed E-state index contributed by atoms with van der Waals surface area (Å²) in [5, 5.41) is 3.15. The molecule has 0 saturated carbocycles. The highest BCUT2D eigenvalue weighted by Crippen LogP contribution is 2.18. The number of hydrogen-bond acceptors (Lipinski definition) is 3. The first kappa shape index (κ1) is 15.0. The van der Waals surface area contributed by atoms with Gasteiger partial charge in [-0.3, -0.25) is 4.79 Å². The number of halogens is 1. The Balaban J connectivity index is 2.16. The van der Waals surface area contributed by atoms with Crippen LogP contribution in [0.4, 0.5) is 10.1 Å². The van der Waals surface area contributed by atoms with Crippen molar-refractivity contribution in [1.29, 1.82) is 0 Å². The zero-order valence-electron chi connectivity index (χ0n) is 11.7. The Morgan fingerprint density at radius 2 is 2.00 bits per heavy atom. The van der Waals surface area contributed by atoms with Crippen molar-refractivity contribution in [3.05, 3.63) is 65.0 Å². The lowest BCUT2D eigenvalue weighted by Gasteiger charge is -2.12. The molecular formula is C16H17FN2O2. The van der Waals surface area contributed by atoms with Crippen LogP contribution in [0.3, 0.4) is 0 Å². The number of para-hydroxylation sites is 1. The molecule has 2 rings (SSSR count). The van der Waals surface area contributed by atoms with Gasteiger partial charge in [-0.2, -0.15) is 0 Å². The van der Waals surface area contributed by atoms with E-state index in [2.05, 4.69) is 5.32 Å². The van der Waals surface area contributed by atoms with Crippen molar-refractivity contribution in [3.63, 3.8) is 0 Å². The number of amides is 1. The molecular weight excluding hydrogens is 271 g/mol. The van der Waals surface area contributed by atoms with Crippen molar-refractivity contribution >= 4 is 11.6 Å². The molecule has 0 unspecified atom stereocenters. The maximum Gasteiger partial charge on any atom is 0.248 e. The molecule has 21 heavy (non-hydrogen) atoms. The number of hydrogen-bond donors (Lipinski definition) is 2. The van der Waals surface area contributed by atoms with Crippen molar-refractivity contribution in [2.24, 2.45) is 5.73 Å². The summed E-state index contributed by atoms with van der Waals surface area (Å²) >= 11 is 0. The van der Waals surface area contributed by atoms with E-state index in [9.17, 15) is 9.18 Å². The zero-order valence-corrected chi connectivity index (χ0v) is 11.7. The third-order valence-electron chi connectivity index (χ3n) is 3.12. The quantitative estimate of drug-likeness (QED) is 0.859. The molecule has 0 atom stereocenters. The van der Waals surface area contributed by atoms with Crippen LogP contribution in [0.1, 0.15) is 21.5 Å². The Labute approximate surface area is 122 Å². The Hall–Kier alpha value is -2.40. The topological polar surface area (TPSA) is 64.3 Å². The molecule has 0 spiro atoms. The minimum Gasteiger partial charge on any atom is -0.381 e. The number of nitrogens with one attached hydrogen (secondary N) is 1. The highest BCUT2D eigenvalue weighted by atomic mass is 19.1. The normalized spacial score (nSPS) is 10.4. The van der Waals surface area contributed by atoms with E-state index in [4.69, 9.17) is 10.5 Å². The predicted molar refractivity (Wildman–Crippen MR) is 79.4 cm³/mol. The van der Waals surface area contributed by atoms with Crippen LogP contribution in [0.5, 0.6) is 0 Å². The van der Waals surface area contributed by atoms with Crippen LogP contribution < -0.4 is 11.1 Å². The van der Waals surface area contributed by atoms with E-state index >= 15 is 0 Å². The molecule has 2 aromatic rings. The van der Waals surface area contributed by atoms with Gasteiger partial charge in [0, 0.05) is 36.0 Å². The van der Waals surface area contributed by atoms with Crippen LogP contribution in [-0.2, 0) is 17.9 Å². The van der Waals surface area contributed by atoms with Gasteiger partial charge in [0.1, 0.15) is 5.82 Å². The van der Waals surface area contributed by atoms with E-state index in [1.54, 1.807) is 7.11 Å². The Kier molecular flexibility index (Phi) is 4.90. The summed E-state index contributed by atoms with van der Waals surface area (Å²) in [5.41, 5.74) is 7.73. The molecule has 0 radical (unpaired) electrons. The van der Waals surface area contributed by atoms with E-state index in [0.29, 0.717) is 17.7 Å². The number of primary amides is 1. The lowest BCUT2D eigenvalue weighted by atomic mass is 10.1. The number of anilines is 1. The number of rotatable bonds is 6. The summed E-state index contributed by atoms with van der Waals surface area (Å²) in [7, 11) is 1.62. The number of benzene rings is 2. The first-order valence-electron chi connectivity index (χ1n) is 6.50. The maximum absolute atomic E-state index is 13.8. The Morgan fingerprint density at radius 1 is 1.24 bits per heavy atom. The first-order valence-corrected chi connectivity index (χ1v) is 6.50. The molecule has 3 N–H and O–H groups in total. The standard InChI is InChI=1S/C16H17FN2O2/c1-21-10-12-4-2-3-5-15(12)19-9-13-8-11(16(18)20)6-7-14(13)17/h2-8,19H,9-10H2,1H3,(H2,18,20). The first-order chi connectivity index (χ1) is 10.1. The fraction of sp³-hybridized carbons (Fsp3) is 0.188. The van der Waals surface area contributed by atoms with Crippen LogP contribution >= 0.6 is 0 Å². The third-order valence-corrected chi connectivity index (χ3v) is 3.12. The van der Waals surface area contributed by atoms with Crippen molar-refractivity contribution in [2.75, 3.05) is 12.4 Å². The minimum absolute atomic E-state index is 0.258. The van der Waals surface area contributed by atoms with Gasteiger partial charge in [0.15, 0.2) is 0 Å². The number of carbonyl (C=O) groups excluding carboxylic acids is 1. The molecule has 0 saturated heterocycles. The van der Waals surface area contributed by atoms with E-state index < -0.39 is 5.91 Å². The molecule has 4 nitrogen and oxygen atoms in total. The van der Waals surface area contributed by atoms with Gasteiger partial charge in [0.25, 0.3) is 0 Å². The molecule has 0 heterocycles. The van der Waals surface area contributed by atoms with Gasteiger partial charge >= 0.3 is 0 Å². The second-order valence-corrected chi connectivity index (χ2v) is 4.61. The monoisotopic (exact) mass is 288 g/mol.